The largest absolute Gasteiger partial charge is 0.508 e. The van der Waals surface area contributed by atoms with Gasteiger partial charge in [-0.2, -0.15) is 0 Å². The molecule has 0 saturated heterocycles. The standard InChI is InChI=1S/C16H14BrN3O3S2/c17-12-1-6-15(21)11(9-12)10-19-13-2-4-14(5-3-13)25(22,23)20-16-18-7-8-24-16/h1-9,19,21H,10H2,(H,18,20). The van der Waals surface area contributed by atoms with Crippen LogP contribution >= 0.6 is 27.3 Å². The van der Waals surface area contributed by atoms with Crippen molar-refractivity contribution in [2.75, 3.05) is 10.0 Å². The first kappa shape index (κ1) is 17.7. The minimum absolute atomic E-state index is 0.151. The highest BCUT2D eigenvalue weighted by molar-refractivity contribution is 9.10. The summed E-state index contributed by atoms with van der Waals surface area (Å²) in [6.07, 6.45) is 1.53. The summed E-state index contributed by atoms with van der Waals surface area (Å²) in [4.78, 5) is 4.06. The van der Waals surface area contributed by atoms with E-state index >= 15 is 0 Å². The Morgan fingerprint density at radius 3 is 2.60 bits per heavy atom. The summed E-state index contributed by atoms with van der Waals surface area (Å²) in [7, 11) is -3.66. The van der Waals surface area contributed by atoms with Crippen LogP contribution < -0.4 is 10.0 Å². The third-order valence-electron chi connectivity index (χ3n) is 3.34. The van der Waals surface area contributed by atoms with Crippen LogP contribution in [0.25, 0.3) is 0 Å². The van der Waals surface area contributed by atoms with Gasteiger partial charge in [0.05, 0.1) is 4.90 Å². The number of halogens is 1. The third kappa shape index (κ3) is 4.50. The summed E-state index contributed by atoms with van der Waals surface area (Å²) in [6.45, 7) is 0.411. The van der Waals surface area contributed by atoms with Gasteiger partial charge in [-0.1, -0.05) is 15.9 Å². The SMILES string of the molecule is O=S(=O)(Nc1nccs1)c1ccc(NCc2cc(Br)ccc2O)cc1. The summed E-state index contributed by atoms with van der Waals surface area (Å²) in [5.41, 5.74) is 1.48. The highest BCUT2D eigenvalue weighted by atomic mass is 79.9. The molecule has 3 N–H and O–H groups in total. The van der Waals surface area contributed by atoms with Gasteiger partial charge in [-0.3, -0.25) is 4.72 Å². The number of anilines is 2. The smallest absolute Gasteiger partial charge is 0.263 e. The van der Waals surface area contributed by atoms with Crippen molar-refractivity contribution in [3.8, 4) is 5.75 Å². The van der Waals surface area contributed by atoms with Gasteiger partial charge >= 0.3 is 0 Å². The molecule has 0 aliphatic rings. The fraction of sp³-hybridized carbons (Fsp3) is 0.0625. The van der Waals surface area contributed by atoms with E-state index in [1.807, 2.05) is 6.07 Å². The molecular formula is C16H14BrN3O3S2. The van der Waals surface area contributed by atoms with E-state index in [0.29, 0.717) is 11.7 Å². The zero-order valence-electron chi connectivity index (χ0n) is 12.8. The minimum Gasteiger partial charge on any atom is -0.508 e. The quantitative estimate of drug-likeness (QED) is 0.539. The van der Waals surface area contributed by atoms with Crippen LogP contribution in [0.1, 0.15) is 5.56 Å². The normalized spacial score (nSPS) is 11.2. The van der Waals surface area contributed by atoms with Crippen LogP contribution in [0, 0.1) is 0 Å². The molecule has 0 spiro atoms. The molecule has 1 heterocycles. The summed E-state index contributed by atoms with van der Waals surface area (Å²) in [5, 5.41) is 15.0. The average Bonchev–Trinajstić information content (AvgIpc) is 3.08. The van der Waals surface area contributed by atoms with E-state index in [1.165, 1.54) is 29.7 Å². The molecule has 130 valence electrons. The Balaban J connectivity index is 1.69. The lowest BCUT2D eigenvalue weighted by molar-refractivity contribution is 0.469. The molecule has 0 atom stereocenters. The molecule has 0 fully saturated rings. The number of phenolic OH excluding ortho intramolecular Hbond substituents is 1. The summed E-state index contributed by atoms with van der Waals surface area (Å²) in [5.74, 6) is 0.197. The number of nitrogens with one attached hydrogen (secondary N) is 2. The van der Waals surface area contributed by atoms with Gasteiger partial charge in [0.1, 0.15) is 5.75 Å². The number of aromatic nitrogens is 1. The lowest BCUT2D eigenvalue weighted by Gasteiger charge is -2.10. The molecule has 0 aliphatic heterocycles. The molecule has 3 aromatic rings. The molecule has 0 bridgehead atoms. The Bertz CT molecular complexity index is 959. The van der Waals surface area contributed by atoms with Crippen LogP contribution in [0.15, 0.2) is 63.4 Å². The second-order valence-corrected chi connectivity index (χ2v) is 8.59. The third-order valence-corrected chi connectivity index (χ3v) is 6.01. The number of sulfonamides is 1. The highest BCUT2D eigenvalue weighted by Gasteiger charge is 2.15. The van der Waals surface area contributed by atoms with Crippen LogP contribution in [-0.4, -0.2) is 18.5 Å². The van der Waals surface area contributed by atoms with Crippen molar-refractivity contribution in [3.05, 3.63) is 64.1 Å². The van der Waals surface area contributed by atoms with Gasteiger partial charge < -0.3 is 10.4 Å². The van der Waals surface area contributed by atoms with E-state index in [4.69, 9.17) is 0 Å². The van der Waals surface area contributed by atoms with E-state index in [1.54, 1.807) is 29.6 Å². The second kappa shape index (κ2) is 7.42. The van der Waals surface area contributed by atoms with Crippen molar-refractivity contribution >= 4 is 48.1 Å². The molecule has 25 heavy (non-hydrogen) atoms. The number of aromatic hydroxyl groups is 1. The number of phenols is 1. The number of hydrogen-bond donors (Lipinski definition) is 3. The molecule has 0 amide bonds. The van der Waals surface area contributed by atoms with E-state index in [-0.39, 0.29) is 10.6 Å². The number of benzene rings is 2. The summed E-state index contributed by atoms with van der Waals surface area (Å²) < 4.78 is 27.8. The lowest BCUT2D eigenvalue weighted by atomic mass is 10.2. The second-order valence-electron chi connectivity index (χ2n) is 5.09. The molecule has 6 nitrogen and oxygen atoms in total. The fourth-order valence-electron chi connectivity index (χ4n) is 2.09. The van der Waals surface area contributed by atoms with Gasteiger partial charge in [0.2, 0.25) is 0 Å². The molecule has 0 unspecified atom stereocenters. The van der Waals surface area contributed by atoms with E-state index in [9.17, 15) is 13.5 Å². The molecule has 2 aromatic carbocycles. The van der Waals surface area contributed by atoms with Crippen LogP contribution in [0.2, 0.25) is 0 Å². The van der Waals surface area contributed by atoms with Crippen molar-refractivity contribution in [1.82, 2.24) is 4.98 Å². The van der Waals surface area contributed by atoms with Crippen LogP contribution in [-0.2, 0) is 16.6 Å². The minimum atomic E-state index is -3.66. The van der Waals surface area contributed by atoms with Crippen LogP contribution in [0.4, 0.5) is 10.8 Å². The maximum atomic E-state index is 12.3. The molecule has 0 radical (unpaired) electrons. The van der Waals surface area contributed by atoms with Crippen molar-refractivity contribution < 1.29 is 13.5 Å². The number of nitrogens with zero attached hydrogens (tertiary/aromatic N) is 1. The maximum Gasteiger partial charge on any atom is 0.263 e. The predicted molar refractivity (Wildman–Crippen MR) is 102 cm³/mol. The Kier molecular flexibility index (Phi) is 5.26. The van der Waals surface area contributed by atoms with Gasteiger partial charge in [-0.25, -0.2) is 13.4 Å². The Hall–Kier alpha value is -2.10. The maximum absolute atomic E-state index is 12.3. The number of thiazole rings is 1. The van der Waals surface area contributed by atoms with Gasteiger partial charge in [0, 0.05) is 33.8 Å². The first-order valence-electron chi connectivity index (χ1n) is 7.18. The molecule has 0 saturated carbocycles. The van der Waals surface area contributed by atoms with E-state index in [0.717, 1.165) is 15.7 Å². The predicted octanol–water partition coefficient (Wildman–Crippen LogP) is 4.02. The fourth-order valence-corrected chi connectivity index (χ4v) is 4.29. The average molecular weight is 440 g/mol. The van der Waals surface area contributed by atoms with E-state index < -0.39 is 10.0 Å². The Morgan fingerprint density at radius 1 is 1.16 bits per heavy atom. The lowest BCUT2D eigenvalue weighted by Crippen LogP contribution is -2.12. The van der Waals surface area contributed by atoms with Crippen molar-refractivity contribution in [1.29, 1.82) is 0 Å². The summed E-state index contributed by atoms with van der Waals surface area (Å²) >= 11 is 4.58. The Morgan fingerprint density at radius 2 is 1.92 bits per heavy atom. The van der Waals surface area contributed by atoms with Crippen molar-refractivity contribution in [2.24, 2.45) is 0 Å². The molecule has 1 aromatic heterocycles. The van der Waals surface area contributed by atoms with E-state index in [2.05, 4.69) is 31.0 Å². The van der Waals surface area contributed by atoms with Gasteiger partial charge in [-0.15, -0.1) is 11.3 Å². The monoisotopic (exact) mass is 439 g/mol. The topological polar surface area (TPSA) is 91.3 Å². The van der Waals surface area contributed by atoms with Crippen molar-refractivity contribution in [2.45, 2.75) is 11.4 Å². The van der Waals surface area contributed by atoms with Crippen LogP contribution in [0.3, 0.4) is 0 Å². The molecule has 9 heteroatoms. The zero-order valence-corrected chi connectivity index (χ0v) is 16.0. The first-order chi connectivity index (χ1) is 11.9. The van der Waals surface area contributed by atoms with Gasteiger partial charge in [0.25, 0.3) is 10.0 Å². The Labute approximate surface area is 157 Å². The number of rotatable bonds is 6. The van der Waals surface area contributed by atoms with Crippen molar-refractivity contribution in [3.63, 3.8) is 0 Å². The van der Waals surface area contributed by atoms with Crippen LogP contribution in [0.5, 0.6) is 5.75 Å². The molecule has 3 rings (SSSR count). The highest BCUT2D eigenvalue weighted by Crippen LogP contribution is 2.24. The summed E-state index contributed by atoms with van der Waals surface area (Å²) in [6, 6.07) is 11.6. The molecule has 0 aliphatic carbocycles. The number of hydrogen-bond acceptors (Lipinski definition) is 6. The first-order valence-corrected chi connectivity index (χ1v) is 10.3. The van der Waals surface area contributed by atoms with Gasteiger partial charge in [-0.05, 0) is 42.5 Å². The van der Waals surface area contributed by atoms with Gasteiger partial charge in [0.15, 0.2) is 5.13 Å². The zero-order chi connectivity index (χ0) is 17.9. The molecular weight excluding hydrogens is 426 g/mol.